The summed E-state index contributed by atoms with van der Waals surface area (Å²) in [4.78, 5) is 36.4. The number of aromatic nitrogens is 1. The zero-order valence-corrected chi connectivity index (χ0v) is 14.1. The maximum absolute atomic E-state index is 12.3. The van der Waals surface area contributed by atoms with Crippen molar-refractivity contribution < 1.29 is 14.3 Å². The SMILES string of the molecule is COC(=O)c1ccccc1NC(=O)Cn1c(C)cc(C)c(C#N)c1=O. The molecule has 1 aromatic heterocycles. The van der Waals surface area contributed by atoms with E-state index in [0.29, 0.717) is 11.3 Å². The lowest BCUT2D eigenvalue weighted by Gasteiger charge is -2.13. The molecule has 0 atom stereocenters. The Labute approximate surface area is 144 Å². The smallest absolute Gasteiger partial charge is 0.339 e. The van der Waals surface area contributed by atoms with Crippen molar-refractivity contribution >= 4 is 17.6 Å². The van der Waals surface area contributed by atoms with Crippen LogP contribution in [0.3, 0.4) is 0 Å². The zero-order valence-electron chi connectivity index (χ0n) is 14.1. The Kier molecular flexibility index (Phi) is 5.35. The number of amides is 1. The summed E-state index contributed by atoms with van der Waals surface area (Å²) >= 11 is 0. The van der Waals surface area contributed by atoms with E-state index < -0.39 is 17.4 Å². The molecule has 1 aromatic carbocycles. The molecule has 0 spiro atoms. The van der Waals surface area contributed by atoms with Crippen molar-refractivity contribution in [1.29, 1.82) is 5.26 Å². The van der Waals surface area contributed by atoms with Crippen LogP contribution in [0, 0.1) is 25.2 Å². The van der Waals surface area contributed by atoms with E-state index in [1.54, 1.807) is 38.1 Å². The predicted molar refractivity (Wildman–Crippen MR) is 91.3 cm³/mol. The van der Waals surface area contributed by atoms with Crippen molar-refractivity contribution in [3.63, 3.8) is 0 Å². The van der Waals surface area contributed by atoms with Gasteiger partial charge in [-0.15, -0.1) is 0 Å². The number of nitrogens with one attached hydrogen (secondary N) is 1. The highest BCUT2D eigenvalue weighted by molar-refractivity contribution is 6.01. The number of esters is 1. The van der Waals surface area contributed by atoms with Gasteiger partial charge in [0.15, 0.2) is 0 Å². The van der Waals surface area contributed by atoms with Crippen molar-refractivity contribution in [2.75, 3.05) is 12.4 Å². The summed E-state index contributed by atoms with van der Waals surface area (Å²) < 4.78 is 5.90. The number of carbonyl (C=O) groups is 2. The van der Waals surface area contributed by atoms with Gasteiger partial charge in [0, 0.05) is 5.69 Å². The number of nitriles is 1. The highest BCUT2D eigenvalue weighted by atomic mass is 16.5. The molecular formula is C18H17N3O4. The van der Waals surface area contributed by atoms with Crippen molar-refractivity contribution in [2.45, 2.75) is 20.4 Å². The standard InChI is InChI=1S/C18H17N3O4/c1-11-8-12(2)21(17(23)14(11)9-19)10-16(22)20-15-7-5-4-6-13(15)18(24)25-3/h4-8H,10H2,1-3H3,(H,20,22). The Morgan fingerprint density at radius 1 is 1.28 bits per heavy atom. The van der Waals surface area contributed by atoms with Gasteiger partial charge in [-0.1, -0.05) is 12.1 Å². The monoisotopic (exact) mass is 339 g/mol. The van der Waals surface area contributed by atoms with Crippen LogP contribution in [-0.4, -0.2) is 23.6 Å². The number of hydrogen-bond acceptors (Lipinski definition) is 5. The number of carbonyl (C=O) groups excluding carboxylic acids is 2. The third kappa shape index (κ3) is 3.75. The fourth-order valence-electron chi connectivity index (χ4n) is 2.47. The van der Waals surface area contributed by atoms with Crippen LogP contribution in [0.25, 0.3) is 0 Å². The molecule has 1 heterocycles. The Balaban J connectivity index is 2.30. The molecule has 1 amide bonds. The zero-order chi connectivity index (χ0) is 18.6. The molecule has 0 saturated carbocycles. The third-order valence-electron chi connectivity index (χ3n) is 3.72. The van der Waals surface area contributed by atoms with Crippen LogP contribution in [0.5, 0.6) is 0 Å². The normalized spacial score (nSPS) is 10.0. The lowest BCUT2D eigenvalue weighted by molar-refractivity contribution is -0.116. The molecule has 0 bridgehead atoms. The molecule has 2 aromatic rings. The van der Waals surface area contributed by atoms with E-state index in [-0.39, 0.29) is 23.4 Å². The second-order valence-electron chi connectivity index (χ2n) is 5.43. The first-order chi connectivity index (χ1) is 11.9. The van der Waals surface area contributed by atoms with Gasteiger partial charge in [-0.05, 0) is 37.6 Å². The molecule has 7 heteroatoms. The number of ether oxygens (including phenoxy) is 1. The first kappa shape index (κ1) is 17.9. The fourth-order valence-corrected chi connectivity index (χ4v) is 2.47. The number of hydrogen-bond donors (Lipinski definition) is 1. The molecule has 7 nitrogen and oxygen atoms in total. The van der Waals surface area contributed by atoms with Crippen LogP contribution in [0.2, 0.25) is 0 Å². The van der Waals surface area contributed by atoms with Gasteiger partial charge in [0.2, 0.25) is 5.91 Å². The number of para-hydroxylation sites is 1. The van der Waals surface area contributed by atoms with E-state index in [0.717, 1.165) is 0 Å². The minimum atomic E-state index is -0.577. The number of aryl methyl sites for hydroxylation is 2. The molecule has 0 aliphatic carbocycles. The van der Waals surface area contributed by atoms with E-state index in [2.05, 4.69) is 10.1 Å². The second kappa shape index (κ2) is 7.45. The van der Waals surface area contributed by atoms with Crippen LogP contribution in [-0.2, 0) is 16.1 Å². The number of rotatable bonds is 4. The number of anilines is 1. The summed E-state index contributed by atoms with van der Waals surface area (Å²) in [7, 11) is 1.25. The van der Waals surface area contributed by atoms with Gasteiger partial charge in [-0.2, -0.15) is 5.26 Å². The highest BCUT2D eigenvalue weighted by Gasteiger charge is 2.16. The molecule has 0 aliphatic heterocycles. The molecule has 25 heavy (non-hydrogen) atoms. The minimum Gasteiger partial charge on any atom is -0.465 e. The lowest BCUT2D eigenvalue weighted by Crippen LogP contribution is -2.31. The van der Waals surface area contributed by atoms with Crippen LogP contribution in [0.4, 0.5) is 5.69 Å². The Morgan fingerprint density at radius 2 is 1.96 bits per heavy atom. The molecule has 0 saturated heterocycles. The van der Waals surface area contributed by atoms with Gasteiger partial charge in [0.1, 0.15) is 18.2 Å². The summed E-state index contributed by atoms with van der Waals surface area (Å²) in [6.07, 6.45) is 0. The summed E-state index contributed by atoms with van der Waals surface area (Å²) in [6, 6.07) is 9.94. The quantitative estimate of drug-likeness (QED) is 0.855. The maximum atomic E-state index is 12.3. The Hall–Kier alpha value is -3.40. The molecule has 0 radical (unpaired) electrons. The van der Waals surface area contributed by atoms with E-state index in [1.165, 1.54) is 17.7 Å². The predicted octanol–water partition coefficient (Wildman–Crippen LogP) is 1.76. The summed E-state index contributed by atoms with van der Waals surface area (Å²) in [5.41, 5.74) is 1.13. The largest absolute Gasteiger partial charge is 0.465 e. The number of pyridine rings is 1. The molecule has 0 unspecified atom stereocenters. The molecule has 0 fully saturated rings. The van der Waals surface area contributed by atoms with Crippen LogP contribution < -0.4 is 10.9 Å². The molecule has 128 valence electrons. The summed E-state index contributed by atoms with van der Waals surface area (Å²) in [5.74, 6) is -1.07. The van der Waals surface area contributed by atoms with Crippen molar-refractivity contribution in [3.05, 3.63) is 63.1 Å². The van der Waals surface area contributed by atoms with Gasteiger partial charge < -0.3 is 14.6 Å². The van der Waals surface area contributed by atoms with Crippen molar-refractivity contribution in [1.82, 2.24) is 4.57 Å². The van der Waals surface area contributed by atoms with Crippen LogP contribution in [0.1, 0.15) is 27.2 Å². The Bertz CT molecular complexity index is 938. The Morgan fingerprint density at radius 3 is 2.60 bits per heavy atom. The number of methoxy groups -OCH3 is 1. The number of nitrogens with zero attached hydrogens (tertiary/aromatic N) is 2. The maximum Gasteiger partial charge on any atom is 0.339 e. The first-order valence-corrected chi connectivity index (χ1v) is 7.47. The van der Waals surface area contributed by atoms with E-state index in [1.807, 2.05) is 6.07 Å². The number of benzene rings is 1. The van der Waals surface area contributed by atoms with Gasteiger partial charge >= 0.3 is 5.97 Å². The van der Waals surface area contributed by atoms with E-state index in [4.69, 9.17) is 5.26 Å². The molecule has 2 rings (SSSR count). The fraction of sp³-hybridized carbons (Fsp3) is 0.222. The van der Waals surface area contributed by atoms with Gasteiger partial charge in [0.05, 0.1) is 18.4 Å². The first-order valence-electron chi connectivity index (χ1n) is 7.47. The highest BCUT2D eigenvalue weighted by Crippen LogP contribution is 2.16. The molecule has 0 aliphatic rings. The van der Waals surface area contributed by atoms with E-state index in [9.17, 15) is 14.4 Å². The molecule has 1 N–H and O–H groups in total. The lowest BCUT2D eigenvalue weighted by atomic mass is 10.1. The van der Waals surface area contributed by atoms with Crippen molar-refractivity contribution in [3.8, 4) is 6.07 Å². The average Bonchev–Trinajstić information content (AvgIpc) is 2.58. The van der Waals surface area contributed by atoms with Crippen LogP contribution in [0.15, 0.2) is 35.1 Å². The van der Waals surface area contributed by atoms with Gasteiger partial charge in [0.25, 0.3) is 5.56 Å². The minimum absolute atomic E-state index is 0.00774. The molecular weight excluding hydrogens is 322 g/mol. The van der Waals surface area contributed by atoms with Gasteiger partial charge in [-0.3, -0.25) is 9.59 Å². The van der Waals surface area contributed by atoms with Crippen LogP contribution >= 0.6 is 0 Å². The third-order valence-corrected chi connectivity index (χ3v) is 3.72. The van der Waals surface area contributed by atoms with Gasteiger partial charge in [-0.25, -0.2) is 4.79 Å². The summed E-state index contributed by atoms with van der Waals surface area (Å²) in [5, 5.41) is 11.7. The van der Waals surface area contributed by atoms with E-state index >= 15 is 0 Å². The topological polar surface area (TPSA) is 101 Å². The summed E-state index contributed by atoms with van der Waals surface area (Å²) in [6.45, 7) is 3.09. The van der Waals surface area contributed by atoms with Crippen molar-refractivity contribution in [2.24, 2.45) is 0 Å². The average molecular weight is 339 g/mol. The second-order valence-corrected chi connectivity index (χ2v) is 5.43.